The van der Waals surface area contributed by atoms with Crippen molar-refractivity contribution in [3.05, 3.63) is 29.8 Å². The number of carboxylic acid groups (broad SMARTS) is 1. The Morgan fingerprint density at radius 2 is 1.67 bits per heavy atom. The van der Waals surface area contributed by atoms with Gasteiger partial charge in [-0.3, -0.25) is 9.59 Å². The molecule has 1 rings (SSSR count). The van der Waals surface area contributed by atoms with E-state index < -0.39 is 18.4 Å². The Labute approximate surface area is 140 Å². The first-order chi connectivity index (χ1) is 11.4. The van der Waals surface area contributed by atoms with E-state index in [1.807, 2.05) is 0 Å². The average Bonchev–Trinajstić information content (AvgIpc) is 2.58. The molecule has 0 saturated heterocycles. The molecule has 0 fully saturated rings. The summed E-state index contributed by atoms with van der Waals surface area (Å²) in [6, 6.07) is 3.46. The Balaban J connectivity index is 2.68. The van der Waals surface area contributed by atoms with E-state index in [0.29, 0.717) is 23.8 Å². The normalized spacial score (nSPS) is 9.96. The van der Waals surface area contributed by atoms with Gasteiger partial charge >= 0.3 is 5.97 Å². The van der Waals surface area contributed by atoms with E-state index in [9.17, 15) is 9.59 Å². The number of amides is 1. The second kappa shape index (κ2) is 9.41. The van der Waals surface area contributed by atoms with Gasteiger partial charge in [0.2, 0.25) is 5.91 Å². The van der Waals surface area contributed by atoms with Crippen LogP contribution in [0.15, 0.2) is 24.3 Å². The minimum atomic E-state index is -1.11. The van der Waals surface area contributed by atoms with Gasteiger partial charge in [0.25, 0.3) is 0 Å². The topological polar surface area (TPSA) is 106 Å². The summed E-state index contributed by atoms with van der Waals surface area (Å²) in [6.07, 6.45) is 0. The highest BCUT2D eigenvalue weighted by Gasteiger charge is 2.14. The van der Waals surface area contributed by atoms with Crippen LogP contribution in [0.2, 0.25) is 0 Å². The van der Waals surface area contributed by atoms with E-state index in [-0.39, 0.29) is 12.1 Å². The molecule has 0 saturated carbocycles. The van der Waals surface area contributed by atoms with Crippen LogP contribution in [-0.2, 0) is 16.1 Å². The maximum Gasteiger partial charge on any atom is 0.322 e. The van der Waals surface area contributed by atoms with E-state index in [4.69, 9.17) is 19.3 Å². The van der Waals surface area contributed by atoms with Gasteiger partial charge in [-0.15, -0.1) is 0 Å². The Morgan fingerprint density at radius 1 is 1.08 bits per heavy atom. The lowest BCUT2D eigenvalue weighted by atomic mass is 10.1. The number of carbonyl (C=O) groups is 2. The van der Waals surface area contributed by atoms with Crippen molar-refractivity contribution in [1.29, 1.82) is 0 Å². The number of carbonyl (C=O) groups excluding carboxylic acids is 1. The predicted octanol–water partition coefficient (Wildman–Crippen LogP) is 0.559. The molecular weight excluding hydrogens is 316 g/mol. The van der Waals surface area contributed by atoms with E-state index in [2.05, 4.69) is 17.2 Å². The minimum absolute atomic E-state index is 0.184. The lowest BCUT2D eigenvalue weighted by Gasteiger charge is -2.16. The number of ether oxygens (including phenoxy) is 3. The third-order valence-corrected chi connectivity index (χ3v) is 3.18. The zero-order chi connectivity index (χ0) is 18.1. The fourth-order valence-corrected chi connectivity index (χ4v) is 1.95. The van der Waals surface area contributed by atoms with Crippen molar-refractivity contribution in [3.63, 3.8) is 0 Å². The smallest absolute Gasteiger partial charge is 0.322 e. The molecule has 0 bridgehead atoms. The van der Waals surface area contributed by atoms with Gasteiger partial charge in [-0.1, -0.05) is 6.58 Å². The SMILES string of the molecule is C=C(CNCc1c(OC)cc(OC)cc1OC)C(=O)NCC(=O)O. The van der Waals surface area contributed by atoms with E-state index >= 15 is 0 Å². The molecule has 0 aromatic heterocycles. The molecule has 0 aliphatic rings. The van der Waals surface area contributed by atoms with Crippen molar-refractivity contribution in [3.8, 4) is 17.2 Å². The summed E-state index contributed by atoms with van der Waals surface area (Å²) in [5.74, 6) is 0.138. The summed E-state index contributed by atoms with van der Waals surface area (Å²) < 4.78 is 15.8. The zero-order valence-corrected chi connectivity index (χ0v) is 14.0. The van der Waals surface area contributed by atoms with E-state index in [1.54, 1.807) is 19.2 Å². The largest absolute Gasteiger partial charge is 0.496 e. The quantitative estimate of drug-likeness (QED) is 0.535. The van der Waals surface area contributed by atoms with Gasteiger partial charge in [0, 0.05) is 30.8 Å². The monoisotopic (exact) mass is 338 g/mol. The Kier molecular flexibility index (Phi) is 7.57. The van der Waals surface area contributed by atoms with Gasteiger partial charge in [0.15, 0.2) is 0 Å². The number of rotatable bonds is 10. The third-order valence-electron chi connectivity index (χ3n) is 3.18. The number of methoxy groups -OCH3 is 3. The number of carboxylic acids is 1. The average molecular weight is 338 g/mol. The van der Waals surface area contributed by atoms with Gasteiger partial charge in [0.1, 0.15) is 23.8 Å². The van der Waals surface area contributed by atoms with Gasteiger partial charge in [-0.2, -0.15) is 0 Å². The van der Waals surface area contributed by atoms with Crippen LogP contribution >= 0.6 is 0 Å². The van der Waals surface area contributed by atoms with E-state index in [1.165, 1.54) is 14.2 Å². The van der Waals surface area contributed by atoms with Crippen molar-refractivity contribution in [2.75, 3.05) is 34.4 Å². The number of hydrogen-bond acceptors (Lipinski definition) is 6. The van der Waals surface area contributed by atoms with Crippen LogP contribution in [0.5, 0.6) is 17.2 Å². The highest BCUT2D eigenvalue weighted by molar-refractivity contribution is 5.94. The summed E-state index contributed by atoms with van der Waals surface area (Å²) in [6.45, 7) is 3.73. The van der Waals surface area contributed by atoms with Gasteiger partial charge in [0.05, 0.1) is 26.9 Å². The number of aliphatic carboxylic acids is 1. The van der Waals surface area contributed by atoms with Crippen LogP contribution in [0.25, 0.3) is 0 Å². The molecule has 0 spiro atoms. The molecule has 0 unspecified atom stereocenters. The van der Waals surface area contributed by atoms with Crippen LogP contribution < -0.4 is 24.8 Å². The summed E-state index contributed by atoms with van der Waals surface area (Å²) in [4.78, 5) is 22.1. The number of nitrogens with one attached hydrogen (secondary N) is 2. The standard InChI is InChI=1S/C16H22N2O6/c1-10(16(21)18-9-15(19)20)7-17-8-12-13(23-3)5-11(22-2)6-14(12)24-4/h5-6,17H,1,7-9H2,2-4H3,(H,18,21)(H,19,20). The lowest BCUT2D eigenvalue weighted by Crippen LogP contribution is -2.33. The predicted molar refractivity (Wildman–Crippen MR) is 87.6 cm³/mol. The summed E-state index contributed by atoms with van der Waals surface area (Å²) in [5, 5.41) is 13.8. The van der Waals surface area contributed by atoms with Crippen molar-refractivity contribution in [2.45, 2.75) is 6.54 Å². The molecule has 132 valence electrons. The van der Waals surface area contributed by atoms with Crippen LogP contribution in [-0.4, -0.2) is 51.4 Å². The summed E-state index contributed by atoms with van der Waals surface area (Å²) in [7, 11) is 4.62. The number of hydrogen-bond donors (Lipinski definition) is 3. The first kappa shape index (κ1) is 19.3. The Morgan fingerprint density at radius 3 is 2.12 bits per heavy atom. The fourth-order valence-electron chi connectivity index (χ4n) is 1.95. The van der Waals surface area contributed by atoms with Gasteiger partial charge in [-0.05, 0) is 0 Å². The third kappa shape index (κ3) is 5.47. The molecule has 0 aliphatic carbocycles. The summed E-state index contributed by atoms with van der Waals surface area (Å²) >= 11 is 0. The molecule has 3 N–H and O–H groups in total. The Bertz CT molecular complexity index is 590. The molecule has 0 aliphatic heterocycles. The minimum Gasteiger partial charge on any atom is -0.496 e. The van der Waals surface area contributed by atoms with Crippen LogP contribution in [0, 0.1) is 0 Å². The van der Waals surface area contributed by atoms with Crippen LogP contribution in [0.4, 0.5) is 0 Å². The number of benzene rings is 1. The molecule has 1 aromatic rings. The first-order valence-electron chi connectivity index (χ1n) is 7.10. The maximum absolute atomic E-state index is 11.6. The lowest BCUT2D eigenvalue weighted by molar-refractivity contribution is -0.137. The zero-order valence-electron chi connectivity index (χ0n) is 14.0. The second-order valence-electron chi connectivity index (χ2n) is 4.79. The highest BCUT2D eigenvalue weighted by atomic mass is 16.5. The fraction of sp³-hybridized carbons (Fsp3) is 0.375. The highest BCUT2D eigenvalue weighted by Crippen LogP contribution is 2.33. The first-order valence-corrected chi connectivity index (χ1v) is 7.10. The van der Waals surface area contributed by atoms with Crippen molar-refractivity contribution >= 4 is 11.9 Å². The molecular formula is C16H22N2O6. The second-order valence-corrected chi connectivity index (χ2v) is 4.79. The van der Waals surface area contributed by atoms with Crippen molar-refractivity contribution in [1.82, 2.24) is 10.6 Å². The van der Waals surface area contributed by atoms with E-state index in [0.717, 1.165) is 5.56 Å². The van der Waals surface area contributed by atoms with Crippen molar-refractivity contribution in [2.24, 2.45) is 0 Å². The molecule has 0 heterocycles. The van der Waals surface area contributed by atoms with Crippen LogP contribution in [0.3, 0.4) is 0 Å². The molecule has 0 atom stereocenters. The Hall–Kier alpha value is -2.74. The van der Waals surface area contributed by atoms with Crippen LogP contribution in [0.1, 0.15) is 5.56 Å². The molecule has 8 nitrogen and oxygen atoms in total. The molecule has 1 aromatic carbocycles. The molecule has 24 heavy (non-hydrogen) atoms. The van der Waals surface area contributed by atoms with Gasteiger partial charge < -0.3 is 30.0 Å². The van der Waals surface area contributed by atoms with Gasteiger partial charge in [-0.25, -0.2) is 0 Å². The van der Waals surface area contributed by atoms with Crippen molar-refractivity contribution < 1.29 is 28.9 Å². The molecule has 1 amide bonds. The molecule has 0 radical (unpaired) electrons. The molecule has 8 heteroatoms. The maximum atomic E-state index is 11.6. The summed E-state index contributed by atoms with van der Waals surface area (Å²) in [5.41, 5.74) is 0.988.